The van der Waals surface area contributed by atoms with Gasteiger partial charge < -0.3 is 15.0 Å². The summed E-state index contributed by atoms with van der Waals surface area (Å²) in [7, 11) is 0. The fourth-order valence-electron chi connectivity index (χ4n) is 3.82. The SMILES string of the molecule is CC(C)(O)CC1CCN(C(=O)c2cc(-c3ccc(F)c(C(F)(F)F)c3)c[nH]2)CC1. The molecule has 4 nitrogen and oxygen atoms in total. The Hall–Kier alpha value is -2.35. The third kappa shape index (κ3) is 5.18. The first-order valence-electron chi connectivity index (χ1n) is 9.51. The summed E-state index contributed by atoms with van der Waals surface area (Å²) in [5.41, 5.74) is -1.24. The monoisotopic (exact) mass is 412 g/mol. The van der Waals surface area contributed by atoms with Gasteiger partial charge in [0.25, 0.3) is 5.91 Å². The number of hydrogen-bond acceptors (Lipinski definition) is 2. The zero-order chi connectivity index (χ0) is 21.4. The third-order valence-corrected chi connectivity index (χ3v) is 5.21. The number of benzene rings is 1. The first-order chi connectivity index (χ1) is 13.4. The van der Waals surface area contributed by atoms with Gasteiger partial charge in [-0.05, 0) is 68.4 Å². The molecule has 1 saturated heterocycles. The summed E-state index contributed by atoms with van der Waals surface area (Å²) in [6.45, 7) is 4.65. The molecular weight excluding hydrogens is 388 g/mol. The lowest BCUT2D eigenvalue weighted by Crippen LogP contribution is -2.40. The van der Waals surface area contributed by atoms with Crippen molar-refractivity contribution in [3.63, 3.8) is 0 Å². The number of alkyl halides is 3. The van der Waals surface area contributed by atoms with Gasteiger partial charge in [0.2, 0.25) is 0 Å². The summed E-state index contributed by atoms with van der Waals surface area (Å²) in [6.07, 6.45) is -1.09. The average Bonchev–Trinajstić information content (AvgIpc) is 3.10. The minimum atomic E-state index is -4.79. The van der Waals surface area contributed by atoms with Crippen LogP contribution in [0, 0.1) is 11.7 Å². The van der Waals surface area contributed by atoms with Crippen LogP contribution >= 0.6 is 0 Å². The maximum atomic E-state index is 13.5. The number of nitrogens with one attached hydrogen (secondary N) is 1. The largest absolute Gasteiger partial charge is 0.419 e. The number of likely N-dealkylation sites (tertiary alicyclic amines) is 1. The minimum absolute atomic E-state index is 0.179. The van der Waals surface area contributed by atoms with Crippen molar-refractivity contribution in [1.82, 2.24) is 9.88 Å². The van der Waals surface area contributed by atoms with E-state index in [-0.39, 0.29) is 17.2 Å². The highest BCUT2D eigenvalue weighted by molar-refractivity contribution is 5.94. The number of aromatic nitrogens is 1. The fraction of sp³-hybridized carbons (Fsp3) is 0.476. The predicted octanol–water partition coefficient (Wildman–Crippen LogP) is 4.85. The molecule has 1 amide bonds. The van der Waals surface area contributed by atoms with Gasteiger partial charge >= 0.3 is 6.18 Å². The number of aromatic amines is 1. The number of carbonyl (C=O) groups is 1. The maximum absolute atomic E-state index is 13.5. The van der Waals surface area contributed by atoms with Crippen molar-refractivity contribution in [1.29, 1.82) is 0 Å². The van der Waals surface area contributed by atoms with Gasteiger partial charge in [-0.3, -0.25) is 4.79 Å². The predicted molar refractivity (Wildman–Crippen MR) is 101 cm³/mol. The van der Waals surface area contributed by atoms with E-state index in [0.717, 1.165) is 25.0 Å². The quantitative estimate of drug-likeness (QED) is 0.705. The second-order valence-corrected chi connectivity index (χ2v) is 8.25. The Morgan fingerprint density at radius 2 is 1.83 bits per heavy atom. The van der Waals surface area contributed by atoms with E-state index in [4.69, 9.17) is 0 Å². The van der Waals surface area contributed by atoms with Crippen LogP contribution in [-0.2, 0) is 6.18 Å². The standard InChI is InChI=1S/C21H24F4N2O2/c1-20(2,29)11-13-5-7-27(8-6-13)19(28)18-10-15(12-26-18)14-3-4-17(22)16(9-14)21(23,24)25/h3-4,9-10,12-13,26,29H,5-8,11H2,1-2H3. The van der Waals surface area contributed by atoms with Gasteiger partial charge in [0, 0.05) is 19.3 Å². The van der Waals surface area contributed by atoms with Crippen molar-refractivity contribution in [2.45, 2.75) is 44.9 Å². The number of piperidine rings is 1. The summed E-state index contributed by atoms with van der Waals surface area (Å²) in [5, 5.41) is 9.94. The van der Waals surface area contributed by atoms with Gasteiger partial charge in [-0.1, -0.05) is 6.07 Å². The molecule has 1 aromatic heterocycles. The second-order valence-electron chi connectivity index (χ2n) is 8.25. The van der Waals surface area contributed by atoms with Crippen molar-refractivity contribution >= 4 is 5.91 Å². The Bertz CT molecular complexity index is 876. The highest BCUT2D eigenvalue weighted by Gasteiger charge is 2.34. The molecule has 0 spiro atoms. The zero-order valence-electron chi connectivity index (χ0n) is 16.3. The first kappa shape index (κ1) is 21.4. The highest BCUT2D eigenvalue weighted by atomic mass is 19.4. The Morgan fingerprint density at radius 1 is 1.17 bits per heavy atom. The van der Waals surface area contributed by atoms with Crippen molar-refractivity contribution < 1.29 is 27.5 Å². The van der Waals surface area contributed by atoms with Crippen molar-refractivity contribution in [2.24, 2.45) is 5.92 Å². The molecule has 1 aliphatic heterocycles. The Kier molecular flexibility index (Phi) is 5.76. The van der Waals surface area contributed by atoms with E-state index in [0.29, 0.717) is 31.0 Å². The van der Waals surface area contributed by atoms with Gasteiger partial charge in [-0.2, -0.15) is 13.2 Å². The molecule has 158 valence electrons. The van der Waals surface area contributed by atoms with Gasteiger partial charge in [-0.15, -0.1) is 0 Å². The summed E-state index contributed by atoms with van der Waals surface area (Å²) in [5.74, 6) is -1.21. The Balaban J connectivity index is 1.70. The number of H-pyrrole nitrogens is 1. The molecule has 2 aromatic rings. The van der Waals surface area contributed by atoms with E-state index in [1.54, 1.807) is 18.7 Å². The lowest BCUT2D eigenvalue weighted by molar-refractivity contribution is -0.139. The minimum Gasteiger partial charge on any atom is -0.390 e. The molecule has 0 bridgehead atoms. The van der Waals surface area contributed by atoms with Crippen LogP contribution in [0.25, 0.3) is 11.1 Å². The smallest absolute Gasteiger partial charge is 0.390 e. The zero-order valence-corrected chi connectivity index (χ0v) is 16.3. The number of rotatable bonds is 4. The van der Waals surface area contributed by atoms with Crippen LogP contribution < -0.4 is 0 Å². The van der Waals surface area contributed by atoms with Crippen molar-refractivity contribution in [3.8, 4) is 11.1 Å². The number of amides is 1. The molecule has 0 radical (unpaired) electrons. The lowest BCUT2D eigenvalue weighted by atomic mass is 9.86. The van der Waals surface area contributed by atoms with Crippen LogP contribution in [0.1, 0.15) is 49.2 Å². The number of carbonyl (C=O) groups excluding carboxylic acids is 1. The van der Waals surface area contributed by atoms with Crippen LogP contribution in [-0.4, -0.2) is 39.6 Å². The molecule has 1 fully saturated rings. The molecule has 2 heterocycles. The van der Waals surface area contributed by atoms with Crippen LogP contribution in [0.3, 0.4) is 0 Å². The van der Waals surface area contributed by atoms with Crippen LogP contribution in [0.5, 0.6) is 0 Å². The summed E-state index contributed by atoms with van der Waals surface area (Å²) < 4.78 is 52.3. The van der Waals surface area contributed by atoms with Gasteiger partial charge in [0.1, 0.15) is 11.5 Å². The van der Waals surface area contributed by atoms with Gasteiger partial charge in [-0.25, -0.2) is 4.39 Å². The second kappa shape index (κ2) is 7.82. The summed E-state index contributed by atoms with van der Waals surface area (Å²) in [4.78, 5) is 17.2. The molecule has 1 aromatic carbocycles. The van der Waals surface area contributed by atoms with Crippen LogP contribution in [0.15, 0.2) is 30.5 Å². The number of halogens is 4. The fourth-order valence-corrected chi connectivity index (χ4v) is 3.82. The van der Waals surface area contributed by atoms with Crippen molar-refractivity contribution in [3.05, 3.63) is 47.5 Å². The Labute approximate surface area is 166 Å². The maximum Gasteiger partial charge on any atom is 0.419 e. The van der Waals surface area contributed by atoms with Crippen molar-refractivity contribution in [2.75, 3.05) is 13.1 Å². The molecule has 0 aliphatic carbocycles. The molecule has 0 unspecified atom stereocenters. The molecule has 0 atom stereocenters. The summed E-state index contributed by atoms with van der Waals surface area (Å²) >= 11 is 0. The molecule has 2 N–H and O–H groups in total. The summed E-state index contributed by atoms with van der Waals surface area (Å²) in [6, 6.07) is 4.26. The van der Waals surface area contributed by atoms with E-state index in [2.05, 4.69) is 4.98 Å². The first-order valence-corrected chi connectivity index (χ1v) is 9.51. The van der Waals surface area contributed by atoms with E-state index >= 15 is 0 Å². The topological polar surface area (TPSA) is 56.3 Å². The number of nitrogens with zero attached hydrogens (tertiary/aromatic N) is 1. The van der Waals surface area contributed by atoms with Gasteiger partial charge in [0.05, 0.1) is 11.2 Å². The molecular formula is C21H24F4N2O2. The highest BCUT2D eigenvalue weighted by Crippen LogP contribution is 2.34. The molecule has 1 aliphatic rings. The third-order valence-electron chi connectivity index (χ3n) is 5.21. The van der Waals surface area contributed by atoms with E-state index in [9.17, 15) is 27.5 Å². The van der Waals surface area contributed by atoms with Crippen LogP contribution in [0.2, 0.25) is 0 Å². The molecule has 8 heteroatoms. The van der Waals surface area contributed by atoms with E-state index < -0.39 is 23.2 Å². The number of aliphatic hydroxyl groups is 1. The molecule has 29 heavy (non-hydrogen) atoms. The van der Waals surface area contributed by atoms with E-state index in [1.807, 2.05) is 0 Å². The van der Waals surface area contributed by atoms with E-state index in [1.165, 1.54) is 18.3 Å². The van der Waals surface area contributed by atoms with Crippen LogP contribution in [0.4, 0.5) is 17.6 Å². The number of hydrogen-bond donors (Lipinski definition) is 2. The molecule has 0 saturated carbocycles. The Morgan fingerprint density at radius 3 is 2.41 bits per heavy atom. The molecule has 3 rings (SSSR count). The normalized spacial score (nSPS) is 16.3. The lowest BCUT2D eigenvalue weighted by Gasteiger charge is -2.34. The average molecular weight is 412 g/mol. The van der Waals surface area contributed by atoms with Gasteiger partial charge in [0.15, 0.2) is 0 Å².